The minimum atomic E-state index is -1.06. The molecule has 2 aromatic carbocycles. The number of H-pyrrole nitrogens is 2. The molecule has 4 fully saturated rings. The van der Waals surface area contributed by atoms with Crippen molar-refractivity contribution in [1.82, 2.24) is 19.9 Å². The van der Waals surface area contributed by atoms with Crippen molar-refractivity contribution in [2.24, 2.45) is 47.3 Å². The van der Waals surface area contributed by atoms with Gasteiger partial charge in [0, 0.05) is 63.0 Å². The Bertz CT molecular complexity index is 2840. The first-order valence-corrected chi connectivity index (χ1v) is 27.0. The minimum Gasteiger partial charge on any atom is -0.478 e. The molecule has 4 aliphatic heterocycles. The number of hydrogen-bond acceptors (Lipinski definition) is 14. The fourth-order valence-electron chi connectivity index (χ4n) is 12.5. The van der Waals surface area contributed by atoms with Gasteiger partial charge in [0.1, 0.15) is 22.2 Å². The number of oxazole rings is 2. The van der Waals surface area contributed by atoms with E-state index in [2.05, 4.69) is 72.1 Å². The Kier molecular flexibility index (Phi) is 15.7. The largest absolute Gasteiger partial charge is 0.478 e. The summed E-state index contributed by atoms with van der Waals surface area (Å²) in [7, 11) is 3.36. The number of ether oxygens (including phenoxy) is 4. The van der Waals surface area contributed by atoms with Crippen LogP contribution in [0.15, 0.2) is 69.8 Å². The van der Waals surface area contributed by atoms with E-state index in [0.29, 0.717) is 69.6 Å². The quantitative estimate of drug-likeness (QED) is 0.0555. The van der Waals surface area contributed by atoms with Crippen molar-refractivity contribution in [3.8, 4) is 0 Å². The summed E-state index contributed by atoms with van der Waals surface area (Å²) in [5, 5.41) is 25.4. The molecule has 0 amide bonds. The number of aromatic amines is 2. The summed E-state index contributed by atoms with van der Waals surface area (Å²) in [5.74, 6) is -2.22. The highest BCUT2D eigenvalue weighted by Gasteiger charge is 2.54. The van der Waals surface area contributed by atoms with Crippen molar-refractivity contribution in [1.29, 1.82) is 0 Å². The number of anilines is 2. The summed E-state index contributed by atoms with van der Waals surface area (Å²) in [6.45, 7) is 16.8. The first kappa shape index (κ1) is 54.4. The number of carboxylic acid groups (broad SMARTS) is 2. The van der Waals surface area contributed by atoms with Gasteiger partial charge >= 0.3 is 11.9 Å². The van der Waals surface area contributed by atoms with Crippen molar-refractivity contribution in [3.63, 3.8) is 0 Å². The van der Waals surface area contributed by atoms with Gasteiger partial charge < -0.3 is 58.6 Å². The Hall–Kier alpha value is -6.34. The Morgan fingerprint density at radius 2 is 1.00 bits per heavy atom. The number of carbonyl (C=O) groups excluding carboxylic acids is 2. The third-order valence-corrected chi connectivity index (χ3v) is 17.1. The third-order valence-electron chi connectivity index (χ3n) is 17.1. The normalized spacial score (nSPS) is 30.4. The predicted molar refractivity (Wildman–Crippen MR) is 285 cm³/mol. The number of nitrogens with one attached hydrogen (secondary N) is 4. The zero-order valence-corrected chi connectivity index (χ0v) is 45.2. The lowest BCUT2D eigenvalue weighted by atomic mass is 9.75. The first-order valence-electron chi connectivity index (χ1n) is 27.0. The van der Waals surface area contributed by atoms with Crippen LogP contribution in [0.3, 0.4) is 0 Å². The maximum absolute atomic E-state index is 13.1. The zero-order chi connectivity index (χ0) is 54.4. The number of benzene rings is 2. The number of nitrogens with zero attached hydrogens (tertiary/aromatic N) is 2. The van der Waals surface area contributed by atoms with E-state index in [1.165, 1.54) is 0 Å². The number of carboxylic acids is 2. The van der Waals surface area contributed by atoms with Crippen molar-refractivity contribution < 1.29 is 57.2 Å². The molecule has 4 saturated heterocycles. The van der Waals surface area contributed by atoms with Crippen LogP contribution in [-0.4, -0.2) is 104 Å². The van der Waals surface area contributed by atoms with Gasteiger partial charge in [-0.2, -0.15) is 0 Å². The molecule has 18 heteroatoms. The molecule has 0 saturated carbocycles. The molecule has 18 nitrogen and oxygen atoms in total. The van der Waals surface area contributed by atoms with Gasteiger partial charge in [0.2, 0.25) is 0 Å². The molecule has 0 aliphatic carbocycles. The van der Waals surface area contributed by atoms with Crippen LogP contribution in [0.25, 0.3) is 22.2 Å². The van der Waals surface area contributed by atoms with Crippen LogP contribution in [-0.2, 0) is 31.8 Å². The molecular formula is C58H74N6O12. The molecule has 4 aromatic heterocycles. The highest BCUT2D eigenvalue weighted by molar-refractivity contribution is 6.07. The molecule has 14 atom stereocenters. The fourth-order valence-corrected chi connectivity index (χ4v) is 12.5. The van der Waals surface area contributed by atoms with Crippen LogP contribution in [0, 0.1) is 47.3 Å². The second kappa shape index (κ2) is 22.0. The summed E-state index contributed by atoms with van der Waals surface area (Å²) in [5.41, 5.74) is 3.86. The standard InChI is InChI=1S/2C29H37N3O6/c2*1-15-10-11-29(17(3)13-16(2)27(38-29)18(4)26(33)20-7-6-12-31-20)37-22(15)14-23-32-25-21(36-23)9-8-19(30-5)24(25)28(34)35/h2*6-9,12,15-18,22,27,30-31H,10-11,13-14H2,1-5H3,(H,34,35). The monoisotopic (exact) mass is 1050 g/mol. The molecule has 408 valence electrons. The predicted octanol–water partition coefficient (Wildman–Crippen LogP) is 11.1. The number of Topliss-reactive ketones (excluding diaryl/α,β-unsaturated/α-hetero) is 2. The van der Waals surface area contributed by atoms with E-state index in [-0.39, 0.29) is 94.5 Å². The first-order chi connectivity index (χ1) is 36.3. The van der Waals surface area contributed by atoms with E-state index in [1.807, 2.05) is 26.0 Å². The molecule has 6 N–H and O–H groups in total. The van der Waals surface area contributed by atoms with E-state index < -0.39 is 23.5 Å². The van der Waals surface area contributed by atoms with E-state index in [1.54, 1.807) is 62.9 Å². The maximum atomic E-state index is 13.1. The zero-order valence-electron chi connectivity index (χ0n) is 45.2. The van der Waals surface area contributed by atoms with Crippen molar-refractivity contribution in [2.45, 2.75) is 143 Å². The van der Waals surface area contributed by atoms with Crippen LogP contribution in [0.5, 0.6) is 0 Å². The SMILES string of the molecule is CNc1ccc2oc(CC3OC4(CCC3C)OC(C(C)C(=O)c3ccc[nH]3)C(C)CC4C)nc2c1C(=O)O.CNc1ccc2oc(CC3OC4(CCC3C)OC(C(C)C(=O)c3ccc[nH]3)C(C)CC4C)nc2c1C(=O)O. The Labute approximate surface area is 442 Å². The number of fused-ring (bicyclic) bond motifs is 2. The number of aromatic carboxylic acids is 2. The molecular weight excluding hydrogens is 973 g/mol. The number of hydrogen-bond donors (Lipinski definition) is 6. The van der Waals surface area contributed by atoms with Crippen LogP contribution < -0.4 is 10.6 Å². The third kappa shape index (κ3) is 10.4. The lowest BCUT2D eigenvalue weighted by Crippen LogP contribution is -2.58. The molecule has 76 heavy (non-hydrogen) atoms. The van der Waals surface area contributed by atoms with Gasteiger partial charge in [-0.1, -0.05) is 55.4 Å². The molecule has 0 bridgehead atoms. The van der Waals surface area contributed by atoms with Crippen LogP contribution in [0.4, 0.5) is 11.4 Å². The van der Waals surface area contributed by atoms with Crippen molar-refractivity contribution >= 4 is 57.1 Å². The second-order valence-corrected chi connectivity index (χ2v) is 22.2. The molecule has 6 aromatic rings. The highest BCUT2D eigenvalue weighted by atomic mass is 16.7. The fraction of sp³-hybridized carbons (Fsp3) is 0.552. The van der Waals surface area contributed by atoms with Gasteiger partial charge in [-0.25, -0.2) is 19.6 Å². The van der Waals surface area contributed by atoms with Gasteiger partial charge in [0.05, 0.1) is 60.0 Å². The molecule has 10 rings (SSSR count). The van der Waals surface area contributed by atoms with Crippen molar-refractivity contribution in [2.75, 3.05) is 24.7 Å². The minimum absolute atomic E-state index is 0.0407. The van der Waals surface area contributed by atoms with E-state index in [4.69, 9.17) is 27.8 Å². The topological polar surface area (TPSA) is 253 Å². The highest BCUT2D eigenvalue weighted by Crippen LogP contribution is 2.50. The number of carbonyl (C=O) groups is 4. The molecule has 14 unspecified atom stereocenters. The van der Waals surface area contributed by atoms with E-state index in [9.17, 15) is 29.4 Å². The van der Waals surface area contributed by atoms with Gasteiger partial charge in [0.25, 0.3) is 0 Å². The van der Waals surface area contributed by atoms with E-state index >= 15 is 0 Å². The van der Waals surface area contributed by atoms with Gasteiger partial charge in [-0.05, 0) is 97.9 Å². The molecule has 8 heterocycles. The molecule has 0 radical (unpaired) electrons. The van der Waals surface area contributed by atoms with Crippen LogP contribution >= 0.6 is 0 Å². The van der Waals surface area contributed by atoms with E-state index in [0.717, 1.165) is 38.5 Å². The average Bonchev–Trinajstić information content (AvgIpc) is 4.33. The maximum Gasteiger partial charge on any atom is 0.340 e. The summed E-state index contributed by atoms with van der Waals surface area (Å²) < 4.78 is 39.1. The summed E-state index contributed by atoms with van der Waals surface area (Å²) in [6, 6.07) is 14.1. The number of ketones is 2. The molecule has 2 spiro atoms. The average molecular weight is 1050 g/mol. The van der Waals surface area contributed by atoms with Gasteiger partial charge in [0.15, 0.2) is 46.1 Å². The Morgan fingerprint density at radius 1 is 0.605 bits per heavy atom. The summed E-state index contributed by atoms with van der Waals surface area (Å²) >= 11 is 0. The smallest absolute Gasteiger partial charge is 0.340 e. The lowest BCUT2D eigenvalue weighted by molar-refractivity contribution is -0.356. The number of aromatic nitrogens is 4. The Morgan fingerprint density at radius 3 is 1.34 bits per heavy atom. The van der Waals surface area contributed by atoms with Crippen LogP contribution in [0.1, 0.15) is 147 Å². The summed E-state index contributed by atoms with van der Waals surface area (Å²) in [6.07, 6.45) is 8.44. The van der Waals surface area contributed by atoms with Crippen LogP contribution in [0.2, 0.25) is 0 Å². The van der Waals surface area contributed by atoms with Gasteiger partial charge in [-0.15, -0.1) is 0 Å². The Balaban J connectivity index is 0.000000186. The second-order valence-electron chi connectivity index (χ2n) is 22.2. The van der Waals surface area contributed by atoms with Crippen molar-refractivity contribution in [3.05, 3.63) is 95.2 Å². The number of rotatable bonds is 14. The van der Waals surface area contributed by atoms with Gasteiger partial charge in [-0.3, -0.25) is 9.59 Å². The lowest BCUT2D eigenvalue weighted by Gasteiger charge is -2.53. The molecule has 4 aliphatic rings. The summed E-state index contributed by atoms with van der Waals surface area (Å²) in [4.78, 5) is 65.4.